The first-order valence-electron chi connectivity index (χ1n) is 3.95. The maximum absolute atomic E-state index is 10.6. The van der Waals surface area contributed by atoms with E-state index < -0.39 is 0 Å². The Bertz CT molecular complexity index is 470. The minimum Gasteiger partial charge on any atom is -0.298 e. The molecule has 0 aliphatic carbocycles. The van der Waals surface area contributed by atoms with E-state index in [9.17, 15) is 4.79 Å². The molecule has 0 atom stereocenters. The molecule has 0 bridgehead atoms. The number of carbonyl (C=O) groups is 1. The Morgan fingerprint density at radius 2 is 2.07 bits per heavy atom. The zero-order chi connectivity index (χ0) is 11.1. The molecule has 0 N–H and O–H groups in total. The Morgan fingerprint density at radius 1 is 1.27 bits per heavy atom. The highest BCUT2D eigenvalue weighted by Gasteiger charge is 1.98. The molecule has 1 aromatic carbocycles. The van der Waals surface area contributed by atoms with Crippen molar-refractivity contribution >= 4 is 12.0 Å². The maximum atomic E-state index is 10.6. The predicted octanol–water partition coefficient (Wildman–Crippen LogP) is 3.25. The molecule has 15 heavy (non-hydrogen) atoms. The van der Waals surface area contributed by atoms with Gasteiger partial charge in [-0.25, -0.2) is 0 Å². The molecule has 7 heteroatoms. The van der Waals surface area contributed by atoms with Crippen LogP contribution in [0.25, 0.3) is 20.9 Å². The van der Waals surface area contributed by atoms with Crippen molar-refractivity contribution in [1.82, 2.24) is 0 Å². The van der Waals surface area contributed by atoms with Gasteiger partial charge < -0.3 is 0 Å². The van der Waals surface area contributed by atoms with Crippen molar-refractivity contribution in [3.8, 4) is 0 Å². The summed E-state index contributed by atoms with van der Waals surface area (Å²) in [5.41, 5.74) is 17.7. The van der Waals surface area contributed by atoms with Crippen molar-refractivity contribution in [2.45, 2.75) is 6.54 Å². The topological polar surface area (TPSA) is 115 Å². The molecule has 0 saturated heterocycles. The molecule has 0 saturated carbocycles. The fraction of sp³-hybridized carbons (Fsp3) is 0.125. The monoisotopic (exact) mass is 202 g/mol. The van der Waals surface area contributed by atoms with Gasteiger partial charge in [0.05, 0.1) is 6.54 Å². The molecular weight excluding hydrogens is 196 g/mol. The summed E-state index contributed by atoms with van der Waals surface area (Å²) in [5, 5.41) is 6.72. The molecule has 0 aromatic heterocycles. The number of nitrogens with zero attached hydrogens (tertiary/aromatic N) is 6. The minimum atomic E-state index is 0.117. The summed E-state index contributed by atoms with van der Waals surface area (Å²) in [6.07, 6.45) is 0.635. The lowest BCUT2D eigenvalue weighted by atomic mass is 10.1. The van der Waals surface area contributed by atoms with Crippen LogP contribution in [0.2, 0.25) is 0 Å². The van der Waals surface area contributed by atoms with Crippen molar-refractivity contribution in [2.75, 3.05) is 0 Å². The second-order valence-electron chi connectivity index (χ2n) is 2.63. The fourth-order valence-corrected chi connectivity index (χ4v) is 1.08. The van der Waals surface area contributed by atoms with Gasteiger partial charge in [0.2, 0.25) is 0 Å². The van der Waals surface area contributed by atoms with Crippen molar-refractivity contribution in [2.24, 2.45) is 10.2 Å². The summed E-state index contributed by atoms with van der Waals surface area (Å²) in [4.78, 5) is 15.8. The first-order chi connectivity index (χ1) is 7.30. The van der Waals surface area contributed by atoms with Gasteiger partial charge in [-0.15, -0.1) is 0 Å². The third kappa shape index (κ3) is 3.04. The van der Waals surface area contributed by atoms with E-state index >= 15 is 0 Å². The molecule has 0 aliphatic rings. The lowest BCUT2D eigenvalue weighted by Gasteiger charge is -1.99. The standard InChI is InChI=1S/C8H6N6O/c9-13-11-4-6-1-7(5-15)3-8(2-6)12-14-10/h1-3,5H,4H2. The fourth-order valence-electron chi connectivity index (χ4n) is 1.08. The van der Waals surface area contributed by atoms with Gasteiger partial charge in [-0.2, -0.15) is 0 Å². The van der Waals surface area contributed by atoms with Crippen LogP contribution in [0.15, 0.2) is 28.4 Å². The number of benzene rings is 1. The molecule has 0 unspecified atom stereocenters. The highest BCUT2D eigenvalue weighted by atomic mass is 16.1. The molecule has 0 fully saturated rings. The van der Waals surface area contributed by atoms with Crippen molar-refractivity contribution in [1.29, 1.82) is 0 Å². The normalized spacial score (nSPS) is 8.53. The van der Waals surface area contributed by atoms with E-state index in [2.05, 4.69) is 20.1 Å². The van der Waals surface area contributed by atoms with E-state index in [0.29, 0.717) is 23.1 Å². The summed E-state index contributed by atoms with van der Waals surface area (Å²) >= 11 is 0. The second kappa shape index (κ2) is 5.29. The molecule has 0 amide bonds. The van der Waals surface area contributed by atoms with E-state index in [1.54, 1.807) is 12.1 Å². The Hall–Kier alpha value is -2.49. The summed E-state index contributed by atoms with van der Waals surface area (Å²) in [7, 11) is 0. The largest absolute Gasteiger partial charge is 0.298 e. The third-order valence-electron chi connectivity index (χ3n) is 1.61. The van der Waals surface area contributed by atoms with Crippen molar-refractivity contribution < 1.29 is 4.79 Å². The van der Waals surface area contributed by atoms with Crippen LogP contribution < -0.4 is 0 Å². The molecule has 1 rings (SSSR count). The van der Waals surface area contributed by atoms with Crippen LogP contribution >= 0.6 is 0 Å². The first-order valence-corrected chi connectivity index (χ1v) is 3.95. The Balaban J connectivity index is 3.15. The van der Waals surface area contributed by atoms with Gasteiger partial charge in [0.1, 0.15) is 6.29 Å². The van der Waals surface area contributed by atoms with Crippen LogP contribution in [-0.4, -0.2) is 6.29 Å². The van der Waals surface area contributed by atoms with Gasteiger partial charge >= 0.3 is 0 Å². The molecule has 0 radical (unpaired) electrons. The van der Waals surface area contributed by atoms with Crippen LogP contribution in [0.1, 0.15) is 15.9 Å². The van der Waals surface area contributed by atoms with Gasteiger partial charge in [0, 0.05) is 21.1 Å². The van der Waals surface area contributed by atoms with Crippen LogP contribution in [0.5, 0.6) is 0 Å². The Labute approximate surface area is 84.6 Å². The average molecular weight is 202 g/mol. The first kappa shape index (κ1) is 10.6. The summed E-state index contributed by atoms with van der Waals surface area (Å²) in [5.74, 6) is 0. The molecule has 0 spiro atoms. The molecular formula is C8H6N6O. The van der Waals surface area contributed by atoms with Crippen LogP contribution in [-0.2, 0) is 6.54 Å². The summed E-state index contributed by atoms with van der Waals surface area (Å²) in [6, 6.07) is 4.58. The zero-order valence-electron chi connectivity index (χ0n) is 7.61. The number of hydrogen-bond donors (Lipinski definition) is 0. The molecule has 74 valence electrons. The van der Waals surface area contributed by atoms with Gasteiger partial charge in [0.15, 0.2) is 0 Å². The van der Waals surface area contributed by atoms with E-state index in [-0.39, 0.29) is 6.54 Å². The molecule has 0 aliphatic heterocycles. The lowest BCUT2D eigenvalue weighted by Crippen LogP contribution is -1.85. The average Bonchev–Trinajstić information content (AvgIpc) is 2.26. The number of aldehydes is 1. The van der Waals surface area contributed by atoms with Gasteiger partial charge in [-0.1, -0.05) is 10.2 Å². The minimum absolute atomic E-state index is 0.117. The highest BCUT2D eigenvalue weighted by molar-refractivity contribution is 5.77. The lowest BCUT2D eigenvalue weighted by molar-refractivity contribution is 0.112. The number of hydrogen-bond acceptors (Lipinski definition) is 3. The highest BCUT2D eigenvalue weighted by Crippen LogP contribution is 2.17. The predicted molar refractivity (Wildman–Crippen MR) is 53.5 cm³/mol. The Kier molecular flexibility index (Phi) is 3.73. The quantitative estimate of drug-likeness (QED) is 0.317. The zero-order valence-corrected chi connectivity index (χ0v) is 7.61. The summed E-state index contributed by atoms with van der Waals surface area (Å²) in [6.45, 7) is 0.117. The van der Waals surface area contributed by atoms with Crippen LogP contribution in [0.4, 0.5) is 5.69 Å². The van der Waals surface area contributed by atoms with E-state index in [1.807, 2.05) is 0 Å². The van der Waals surface area contributed by atoms with Crippen molar-refractivity contribution in [3.63, 3.8) is 0 Å². The summed E-state index contributed by atoms with van der Waals surface area (Å²) < 4.78 is 0. The smallest absolute Gasteiger partial charge is 0.150 e. The number of azide groups is 2. The number of carbonyl (C=O) groups excluding carboxylic acids is 1. The van der Waals surface area contributed by atoms with Gasteiger partial charge in [0.25, 0.3) is 0 Å². The molecule has 0 heterocycles. The van der Waals surface area contributed by atoms with Gasteiger partial charge in [-0.3, -0.25) is 4.79 Å². The number of rotatable bonds is 4. The second-order valence-corrected chi connectivity index (χ2v) is 2.63. The van der Waals surface area contributed by atoms with Crippen molar-refractivity contribution in [3.05, 3.63) is 50.2 Å². The maximum Gasteiger partial charge on any atom is 0.150 e. The SMILES string of the molecule is [N-]=[N+]=NCc1cc(C=O)cc(N=[N+]=[N-])c1. The van der Waals surface area contributed by atoms with Crippen LogP contribution in [0.3, 0.4) is 0 Å². The Morgan fingerprint density at radius 3 is 2.67 bits per heavy atom. The molecule has 1 aromatic rings. The van der Waals surface area contributed by atoms with Crippen LogP contribution in [0, 0.1) is 0 Å². The van der Waals surface area contributed by atoms with E-state index in [4.69, 9.17) is 11.1 Å². The van der Waals surface area contributed by atoms with E-state index in [0.717, 1.165) is 0 Å². The van der Waals surface area contributed by atoms with Gasteiger partial charge in [-0.05, 0) is 34.8 Å². The third-order valence-corrected chi connectivity index (χ3v) is 1.61. The van der Waals surface area contributed by atoms with E-state index in [1.165, 1.54) is 6.07 Å². The molecule has 7 nitrogen and oxygen atoms in total.